The molecule has 124 valence electrons. The molecule has 2 aromatic heterocycles. The van der Waals surface area contributed by atoms with E-state index in [4.69, 9.17) is 5.11 Å². The highest BCUT2D eigenvalue weighted by Crippen LogP contribution is 2.14. The largest absolute Gasteiger partial charge is 0.478 e. The van der Waals surface area contributed by atoms with Crippen molar-refractivity contribution >= 4 is 17.6 Å². The third kappa shape index (κ3) is 4.26. The Morgan fingerprint density at radius 2 is 1.60 bits per heavy atom. The van der Waals surface area contributed by atoms with Gasteiger partial charge in [-0.3, -0.25) is 14.8 Å². The van der Waals surface area contributed by atoms with Gasteiger partial charge in [0.25, 0.3) is 5.91 Å². The zero-order chi connectivity index (χ0) is 17.6. The Kier molecular flexibility index (Phi) is 4.80. The van der Waals surface area contributed by atoms with E-state index in [1.54, 1.807) is 12.4 Å². The van der Waals surface area contributed by atoms with Gasteiger partial charge in [-0.1, -0.05) is 12.1 Å². The van der Waals surface area contributed by atoms with Crippen molar-refractivity contribution in [3.8, 4) is 0 Å². The van der Waals surface area contributed by atoms with E-state index in [0.717, 1.165) is 23.7 Å². The van der Waals surface area contributed by atoms with Gasteiger partial charge in [-0.25, -0.2) is 4.79 Å². The summed E-state index contributed by atoms with van der Waals surface area (Å²) in [6.45, 7) is 0. The van der Waals surface area contributed by atoms with Crippen LogP contribution < -0.4 is 5.32 Å². The molecule has 0 aliphatic carbocycles. The number of hydrogen-bond acceptors (Lipinski definition) is 4. The van der Waals surface area contributed by atoms with Crippen molar-refractivity contribution < 1.29 is 14.7 Å². The van der Waals surface area contributed by atoms with Crippen molar-refractivity contribution in [3.05, 3.63) is 89.5 Å². The first-order valence-electron chi connectivity index (χ1n) is 7.60. The van der Waals surface area contributed by atoms with Crippen molar-refractivity contribution in [2.45, 2.75) is 6.42 Å². The molecule has 0 fully saturated rings. The van der Waals surface area contributed by atoms with Crippen LogP contribution in [0.1, 0.15) is 32.0 Å². The lowest BCUT2D eigenvalue weighted by Gasteiger charge is -2.07. The van der Waals surface area contributed by atoms with Crippen LogP contribution in [0.2, 0.25) is 0 Å². The summed E-state index contributed by atoms with van der Waals surface area (Å²) in [6.07, 6.45) is 5.46. The van der Waals surface area contributed by atoms with Gasteiger partial charge in [0.2, 0.25) is 0 Å². The van der Waals surface area contributed by atoms with E-state index in [1.807, 2.05) is 36.4 Å². The first kappa shape index (κ1) is 16.3. The van der Waals surface area contributed by atoms with E-state index in [0.29, 0.717) is 5.69 Å². The minimum atomic E-state index is -1.08. The summed E-state index contributed by atoms with van der Waals surface area (Å²) in [4.78, 5) is 30.8. The van der Waals surface area contributed by atoms with Crippen LogP contribution in [-0.2, 0) is 6.42 Å². The molecule has 6 nitrogen and oxygen atoms in total. The number of carboxylic acid groups (broad SMARTS) is 1. The standard InChI is InChI=1S/C19H15N3O3/c23-18(17-6-3-15(12-21-17)19(24)25)22-16-4-1-13(2-5-16)11-14-7-9-20-10-8-14/h1-10,12H,11H2,(H,22,23)(H,24,25). The van der Waals surface area contributed by atoms with Crippen molar-refractivity contribution in [1.82, 2.24) is 9.97 Å². The highest BCUT2D eigenvalue weighted by molar-refractivity contribution is 6.03. The number of aromatic nitrogens is 2. The molecule has 0 atom stereocenters. The summed E-state index contributed by atoms with van der Waals surface area (Å²) >= 11 is 0. The second-order valence-electron chi connectivity index (χ2n) is 5.42. The number of carboxylic acids is 1. The molecule has 3 aromatic rings. The summed E-state index contributed by atoms with van der Waals surface area (Å²) in [7, 11) is 0. The third-order valence-electron chi connectivity index (χ3n) is 3.61. The Bertz CT molecular complexity index is 876. The molecule has 0 saturated heterocycles. The van der Waals surface area contributed by atoms with Crippen molar-refractivity contribution in [1.29, 1.82) is 0 Å². The monoisotopic (exact) mass is 333 g/mol. The van der Waals surface area contributed by atoms with Crippen LogP contribution in [0.5, 0.6) is 0 Å². The summed E-state index contributed by atoms with van der Waals surface area (Å²) in [5.41, 5.74) is 3.12. The summed E-state index contributed by atoms with van der Waals surface area (Å²) in [6, 6.07) is 14.2. The number of hydrogen-bond donors (Lipinski definition) is 2. The number of amides is 1. The van der Waals surface area contributed by atoms with Gasteiger partial charge in [0, 0.05) is 24.3 Å². The molecule has 2 heterocycles. The molecule has 3 rings (SSSR count). The van der Waals surface area contributed by atoms with Gasteiger partial charge in [-0.2, -0.15) is 0 Å². The number of nitrogens with zero attached hydrogens (tertiary/aromatic N) is 2. The number of benzene rings is 1. The van der Waals surface area contributed by atoms with Crippen LogP contribution in [-0.4, -0.2) is 27.0 Å². The number of carbonyl (C=O) groups is 2. The topological polar surface area (TPSA) is 92.2 Å². The molecule has 0 spiro atoms. The smallest absolute Gasteiger partial charge is 0.337 e. The molecule has 0 radical (unpaired) electrons. The van der Waals surface area contributed by atoms with Crippen molar-refractivity contribution in [2.24, 2.45) is 0 Å². The molecule has 0 aliphatic rings. The molecule has 0 saturated carbocycles. The zero-order valence-corrected chi connectivity index (χ0v) is 13.2. The van der Waals surface area contributed by atoms with Gasteiger partial charge in [-0.15, -0.1) is 0 Å². The first-order valence-corrected chi connectivity index (χ1v) is 7.60. The maximum atomic E-state index is 12.1. The van der Waals surface area contributed by atoms with E-state index in [2.05, 4.69) is 15.3 Å². The second-order valence-corrected chi connectivity index (χ2v) is 5.42. The summed E-state index contributed by atoms with van der Waals surface area (Å²) < 4.78 is 0. The minimum Gasteiger partial charge on any atom is -0.478 e. The van der Waals surface area contributed by atoms with Crippen LogP contribution in [0.4, 0.5) is 5.69 Å². The second kappa shape index (κ2) is 7.35. The lowest BCUT2D eigenvalue weighted by Crippen LogP contribution is -2.14. The van der Waals surface area contributed by atoms with E-state index in [1.165, 1.54) is 12.1 Å². The molecule has 0 aliphatic heterocycles. The maximum absolute atomic E-state index is 12.1. The quantitative estimate of drug-likeness (QED) is 0.749. The molecule has 2 N–H and O–H groups in total. The van der Waals surface area contributed by atoms with E-state index in [-0.39, 0.29) is 17.2 Å². The average molecular weight is 333 g/mol. The van der Waals surface area contributed by atoms with Crippen molar-refractivity contribution in [3.63, 3.8) is 0 Å². The number of anilines is 1. The first-order chi connectivity index (χ1) is 12.1. The fourth-order valence-electron chi connectivity index (χ4n) is 2.29. The number of pyridine rings is 2. The Balaban J connectivity index is 1.64. The summed E-state index contributed by atoms with van der Waals surface area (Å²) in [5.74, 6) is -1.47. The van der Waals surface area contributed by atoms with Crippen LogP contribution in [0.15, 0.2) is 67.1 Å². The Morgan fingerprint density at radius 1 is 0.920 bits per heavy atom. The lowest BCUT2D eigenvalue weighted by molar-refractivity contribution is 0.0696. The highest BCUT2D eigenvalue weighted by atomic mass is 16.4. The van der Waals surface area contributed by atoms with Crippen LogP contribution in [0.25, 0.3) is 0 Å². The SMILES string of the molecule is O=C(O)c1ccc(C(=O)Nc2ccc(Cc3ccncc3)cc2)nc1. The Hall–Kier alpha value is -3.54. The molecule has 0 unspecified atom stereocenters. The number of nitrogens with one attached hydrogen (secondary N) is 1. The van der Waals surface area contributed by atoms with Gasteiger partial charge < -0.3 is 10.4 Å². The van der Waals surface area contributed by atoms with Gasteiger partial charge in [-0.05, 0) is 53.9 Å². The Morgan fingerprint density at radius 3 is 2.20 bits per heavy atom. The van der Waals surface area contributed by atoms with Gasteiger partial charge in [0.1, 0.15) is 5.69 Å². The fraction of sp³-hybridized carbons (Fsp3) is 0.0526. The average Bonchev–Trinajstić information content (AvgIpc) is 2.64. The van der Waals surface area contributed by atoms with Crippen LogP contribution in [0.3, 0.4) is 0 Å². The predicted octanol–water partition coefficient (Wildman–Crippen LogP) is 3.02. The van der Waals surface area contributed by atoms with Gasteiger partial charge in [0.05, 0.1) is 5.56 Å². The normalized spacial score (nSPS) is 10.2. The molecule has 0 bridgehead atoms. The lowest BCUT2D eigenvalue weighted by atomic mass is 10.1. The van der Waals surface area contributed by atoms with Crippen molar-refractivity contribution in [2.75, 3.05) is 5.32 Å². The van der Waals surface area contributed by atoms with Crippen LogP contribution >= 0.6 is 0 Å². The number of carbonyl (C=O) groups excluding carboxylic acids is 1. The molecule has 1 amide bonds. The van der Waals surface area contributed by atoms with E-state index >= 15 is 0 Å². The van der Waals surface area contributed by atoms with Gasteiger partial charge >= 0.3 is 5.97 Å². The Labute approximate surface area is 144 Å². The molecular formula is C19H15N3O3. The fourth-order valence-corrected chi connectivity index (χ4v) is 2.29. The number of aromatic carboxylic acids is 1. The zero-order valence-electron chi connectivity index (χ0n) is 13.2. The highest BCUT2D eigenvalue weighted by Gasteiger charge is 2.10. The van der Waals surface area contributed by atoms with E-state index in [9.17, 15) is 9.59 Å². The minimum absolute atomic E-state index is 0.0389. The molecule has 25 heavy (non-hydrogen) atoms. The molecular weight excluding hydrogens is 318 g/mol. The van der Waals surface area contributed by atoms with Gasteiger partial charge in [0.15, 0.2) is 0 Å². The van der Waals surface area contributed by atoms with Crippen LogP contribution in [0, 0.1) is 0 Å². The van der Waals surface area contributed by atoms with E-state index < -0.39 is 5.97 Å². The molecule has 1 aromatic carbocycles. The predicted molar refractivity (Wildman–Crippen MR) is 92.6 cm³/mol. The third-order valence-corrected chi connectivity index (χ3v) is 3.61. The summed E-state index contributed by atoms with van der Waals surface area (Å²) in [5, 5.41) is 11.6. The maximum Gasteiger partial charge on any atom is 0.337 e. The number of rotatable bonds is 5. The molecule has 6 heteroatoms.